The Bertz CT molecular complexity index is 309. The summed E-state index contributed by atoms with van der Waals surface area (Å²) in [5.74, 6) is 1.09. The number of halogens is 1. The van der Waals surface area contributed by atoms with Gasteiger partial charge in [0, 0.05) is 13.0 Å². The van der Waals surface area contributed by atoms with Gasteiger partial charge in [0.15, 0.2) is 0 Å². The third-order valence-electron chi connectivity index (χ3n) is 2.44. The van der Waals surface area contributed by atoms with Gasteiger partial charge in [-0.05, 0) is 12.8 Å². The first kappa shape index (κ1) is 9.93. The van der Waals surface area contributed by atoms with Crippen molar-refractivity contribution >= 4 is 11.6 Å². The molecule has 1 aromatic rings. The van der Waals surface area contributed by atoms with Crippen LogP contribution in [0.2, 0.25) is 0 Å². The highest BCUT2D eigenvalue weighted by molar-refractivity contribution is 6.16. The molecule has 0 radical (unpaired) electrons. The smallest absolute Gasteiger partial charge is 0.101 e. The zero-order valence-corrected chi connectivity index (χ0v) is 9.00. The summed E-state index contributed by atoms with van der Waals surface area (Å²) < 4.78 is 6.95. The molecule has 1 heterocycles. The molecule has 78 valence electrons. The molecule has 1 aliphatic rings. The van der Waals surface area contributed by atoms with Gasteiger partial charge < -0.3 is 4.74 Å². The van der Waals surface area contributed by atoms with Crippen LogP contribution in [0.5, 0.6) is 0 Å². The van der Waals surface area contributed by atoms with Gasteiger partial charge in [-0.2, -0.15) is 0 Å². The Balaban J connectivity index is 2.16. The molecule has 2 rings (SSSR count). The molecular formula is C9H14ClN3O. The SMILES string of the molecule is COCCn1nnc(CCl)c1C1CC1. The lowest BCUT2D eigenvalue weighted by atomic mass is 10.2. The lowest BCUT2D eigenvalue weighted by molar-refractivity contribution is 0.182. The number of ether oxygens (including phenoxy) is 1. The number of rotatable bonds is 5. The molecule has 0 N–H and O–H groups in total. The zero-order valence-electron chi connectivity index (χ0n) is 8.24. The predicted octanol–water partition coefficient (Wildman–Crippen LogP) is 1.54. The standard InChI is InChI=1S/C9H14ClN3O/c1-14-5-4-13-9(7-2-3-7)8(6-10)11-12-13/h7H,2-6H2,1H3. The van der Waals surface area contributed by atoms with E-state index in [9.17, 15) is 0 Å². The van der Waals surface area contributed by atoms with Crippen molar-refractivity contribution in [1.29, 1.82) is 0 Å². The largest absolute Gasteiger partial charge is 0.383 e. The Morgan fingerprint density at radius 2 is 2.36 bits per heavy atom. The van der Waals surface area contributed by atoms with Crippen LogP contribution in [0.15, 0.2) is 0 Å². The van der Waals surface area contributed by atoms with Gasteiger partial charge in [0.05, 0.1) is 24.7 Å². The Morgan fingerprint density at radius 1 is 1.57 bits per heavy atom. The number of aromatic nitrogens is 3. The van der Waals surface area contributed by atoms with Crippen molar-refractivity contribution < 1.29 is 4.74 Å². The first-order chi connectivity index (χ1) is 6.86. The van der Waals surface area contributed by atoms with Gasteiger partial charge >= 0.3 is 0 Å². The second-order valence-electron chi connectivity index (χ2n) is 3.55. The molecule has 0 atom stereocenters. The van der Waals surface area contributed by atoms with Gasteiger partial charge in [-0.25, -0.2) is 4.68 Å². The summed E-state index contributed by atoms with van der Waals surface area (Å²) >= 11 is 5.80. The molecule has 0 aliphatic heterocycles. The van der Waals surface area contributed by atoms with E-state index in [1.54, 1.807) is 7.11 Å². The fourth-order valence-electron chi connectivity index (χ4n) is 1.60. The van der Waals surface area contributed by atoms with Crippen molar-refractivity contribution in [2.45, 2.75) is 31.2 Å². The molecule has 0 amide bonds. The average molecular weight is 216 g/mol. The number of nitrogens with zero attached hydrogens (tertiary/aromatic N) is 3. The van der Waals surface area contributed by atoms with Crippen LogP contribution >= 0.6 is 11.6 Å². The molecule has 1 aromatic heterocycles. The minimum atomic E-state index is 0.457. The van der Waals surface area contributed by atoms with Gasteiger partial charge in [0.2, 0.25) is 0 Å². The van der Waals surface area contributed by atoms with Gasteiger partial charge in [-0.1, -0.05) is 5.21 Å². The van der Waals surface area contributed by atoms with Crippen LogP contribution in [0, 0.1) is 0 Å². The van der Waals surface area contributed by atoms with Gasteiger partial charge in [-0.3, -0.25) is 0 Å². The highest BCUT2D eigenvalue weighted by Gasteiger charge is 2.30. The predicted molar refractivity (Wildman–Crippen MR) is 53.4 cm³/mol. The number of hydrogen-bond donors (Lipinski definition) is 0. The summed E-state index contributed by atoms with van der Waals surface area (Å²) in [5.41, 5.74) is 2.15. The van der Waals surface area contributed by atoms with Gasteiger partial charge in [-0.15, -0.1) is 16.7 Å². The van der Waals surface area contributed by atoms with Crippen LogP contribution in [0.25, 0.3) is 0 Å². The van der Waals surface area contributed by atoms with Crippen molar-refractivity contribution in [2.24, 2.45) is 0 Å². The topological polar surface area (TPSA) is 39.9 Å². The van der Waals surface area contributed by atoms with Crippen LogP contribution in [-0.2, 0) is 17.2 Å². The van der Waals surface area contributed by atoms with Crippen LogP contribution < -0.4 is 0 Å². The number of alkyl halides is 1. The van der Waals surface area contributed by atoms with E-state index in [-0.39, 0.29) is 0 Å². The van der Waals surface area contributed by atoms with Crippen molar-refractivity contribution in [2.75, 3.05) is 13.7 Å². The quantitative estimate of drug-likeness (QED) is 0.700. The van der Waals surface area contributed by atoms with Crippen LogP contribution in [0.3, 0.4) is 0 Å². The fourth-order valence-corrected chi connectivity index (χ4v) is 1.79. The van der Waals surface area contributed by atoms with Crippen LogP contribution in [0.4, 0.5) is 0 Å². The maximum Gasteiger partial charge on any atom is 0.101 e. The molecule has 5 heteroatoms. The normalized spacial score (nSPS) is 16.1. The zero-order chi connectivity index (χ0) is 9.97. The summed E-state index contributed by atoms with van der Waals surface area (Å²) in [7, 11) is 1.69. The second kappa shape index (κ2) is 4.28. The Kier molecular flexibility index (Phi) is 3.03. The summed E-state index contributed by atoms with van der Waals surface area (Å²) in [6.45, 7) is 1.44. The highest BCUT2D eigenvalue weighted by Crippen LogP contribution is 2.41. The van der Waals surface area contributed by atoms with E-state index in [4.69, 9.17) is 16.3 Å². The highest BCUT2D eigenvalue weighted by atomic mass is 35.5. The summed E-state index contributed by atoms with van der Waals surface area (Å²) in [4.78, 5) is 0. The van der Waals surface area contributed by atoms with E-state index in [1.165, 1.54) is 18.5 Å². The van der Waals surface area contributed by atoms with Crippen molar-refractivity contribution in [3.05, 3.63) is 11.4 Å². The Hall–Kier alpha value is -0.610. The lowest BCUT2D eigenvalue weighted by Gasteiger charge is -2.04. The molecule has 0 spiro atoms. The molecule has 0 saturated heterocycles. The molecule has 4 nitrogen and oxygen atoms in total. The van der Waals surface area contributed by atoms with E-state index in [2.05, 4.69) is 10.3 Å². The van der Waals surface area contributed by atoms with E-state index in [0.29, 0.717) is 18.4 Å². The summed E-state index contributed by atoms with van der Waals surface area (Å²) in [6.07, 6.45) is 2.48. The number of methoxy groups -OCH3 is 1. The average Bonchev–Trinajstić information content (AvgIpc) is 2.96. The third kappa shape index (κ3) is 1.91. The second-order valence-corrected chi connectivity index (χ2v) is 3.81. The summed E-state index contributed by atoms with van der Waals surface area (Å²) in [6, 6.07) is 0. The molecule has 1 saturated carbocycles. The molecular weight excluding hydrogens is 202 g/mol. The molecule has 0 unspecified atom stereocenters. The monoisotopic (exact) mass is 215 g/mol. The first-order valence-corrected chi connectivity index (χ1v) is 5.37. The van der Waals surface area contributed by atoms with E-state index < -0.39 is 0 Å². The minimum Gasteiger partial charge on any atom is -0.383 e. The molecule has 1 aliphatic carbocycles. The van der Waals surface area contributed by atoms with Crippen LogP contribution in [-0.4, -0.2) is 28.7 Å². The molecule has 0 aromatic carbocycles. The summed E-state index contributed by atoms with van der Waals surface area (Å²) in [5, 5.41) is 8.16. The van der Waals surface area contributed by atoms with Crippen molar-refractivity contribution in [3.63, 3.8) is 0 Å². The molecule has 1 fully saturated rings. The molecule has 0 bridgehead atoms. The van der Waals surface area contributed by atoms with E-state index >= 15 is 0 Å². The molecule has 14 heavy (non-hydrogen) atoms. The third-order valence-corrected chi connectivity index (χ3v) is 2.70. The minimum absolute atomic E-state index is 0.457. The van der Waals surface area contributed by atoms with Crippen LogP contribution in [0.1, 0.15) is 30.1 Å². The van der Waals surface area contributed by atoms with E-state index in [1.807, 2.05) is 4.68 Å². The van der Waals surface area contributed by atoms with Gasteiger partial charge in [0.25, 0.3) is 0 Å². The van der Waals surface area contributed by atoms with Crippen molar-refractivity contribution in [1.82, 2.24) is 15.0 Å². The number of hydrogen-bond acceptors (Lipinski definition) is 3. The fraction of sp³-hybridized carbons (Fsp3) is 0.778. The first-order valence-electron chi connectivity index (χ1n) is 4.84. The maximum absolute atomic E-state index is 5.80. The Morgan fingerprint density at radius 3 is 2.93 bits per heavy atom. The maximum atomic E-state index is 5.80. The van der Waals surface area contributed by atoms with Gasteiger partial charge in [0.1, 0.15) is 5.69 Å². The van der Waals surface area contributed by atoms with Crippen molar-refractivity contribution in [3.8, 4) is 0 Å². The lowest BCUT2D eigenvalue weighted by Crippen LogP contribution is -2.09. The Labute approximate surface area is 88.2 Å². The van der Waals surface area contributed by atoms with E-state index in [0.717, 1.165) is 12.2 Å².